The number of benzene rings is 1. The van der Waals surface area contributed by atoms with Gasteiger partial charge in [0, 0.05) is 30.8 Å². The van der Waals surface area contributed by atoms with E-state index in [-0.39, 0.29) is 0 Å². The number of hydrogen-bond donors (Lipinski definition) is 1. The molecule has 0 spiro atoms. The lowest BCUT2D eigenvalue weighted by molar-refractivity contribution is 0.199. The number of thioether (sulfide) groups is 1. The lowest BCUT2D eigenvalue weighted by Gasteiger charge is -2.09. The molecule has 3 heteroatoms. The van der Waals surface area contributed by atoms with E-state index in [0.29, 0.717) is 0 Å². The van der Waals surface area contributed by atoms with Crippen molar-refractivity contribution in [3.05, 3.63) is 29.8 Å². The molecule has 0 aromatic heterocycles. The van der Waals surface area contributed by atoms with Crippen molar-refractivity contribution in [1.29, 1.82) is 0 Å². The molecule has 0 fully saturated rings. The zero-order valence-corrected chi connectivity index (χ0v) is 12.6. The molecule has 1 aromatic carbocycles. The summed E-state index contributed by atoms with van der Waals surface area (Å²) in [5.74, 6) is 2.00. The lowest BCUT2D eigenvalue weighted by atomic mass is 10.2. The predicted molar refractivity (Wildman–Crippen MR) is 80.2 cm³/mol. The van der Waals surface area contributed by atoms with Crippen LogP contribution in [-0.4, -0.2) is 26.0 Å². The van der Waals surface area contributed by atoms with E-state index < -0.39 is 0 Å². The Morgan fingerprint density at radius 3 is 2.94 bits per heavy atom. The summed E-state index contributed by atoms with van der Waals surface area (Å²) in [6.07, 6.45) is 1.26. The van der Waals surface area contributed by atoms with E-state index in [1.165, 1.54) is 22.6 Å². The van der Waals surface area contributed by atoms with E-state index in [1.54, 1.807) is 7.11 Å². The molecule has 0 heterocycles. The van der Waals surface area contributed by atoms with Crippen LogP contribution in [0.15, 0.2) is 29.2 Å². The summed E-state index contributed by atoms with van der Waals surface area (Å²) < 4.78 is 5.01. The van der Waals surface area contributed by atoms with Crippen molar-refractivity contribution in [1.82, 2.24) is 5.32 Å². The number of hydrogen-bond acceptors (Lipinski definition) is 3. The first-order chi connectivity index (χ1) is 8.76. The van der Waals surface area contributed by atoms with E-state index in [4.69, 9.17) is 4.74 Å². The monoisotopic (exact) mass is 267 g/mol. The Balaban J connectivity index is 2.36. The second-order valence-corrected chi connectivity index (χ2v) is 5.73. The molecule has 1 N–H and O–H groups in total. The van der Waals surface area contributed by atoms with E-state index in [0.717, 1.165) is 25.6 Å². The van der Waals surface area contributed by atoms with Gasteiger partial charge in [0.25, 0.3) is 0 Å². The molecular formula is C15H25NOS. The molecule has 0 aliphatic carbocycles. The first-order valence-corrected chi connectivity index (χ1v) is 7.66. The number of ether oxygens (including phenoxy) is 1. The largest absolute Gasteiger partial charge is 0.383 e. The standard InChI is InChI=1S/C15H25NOS/c1-4-13(2)12-18-15-7-5-6-14(10-15)11-16-8-9-17-3/h5-7,10,13,16H,4,8-9,11-12H2,1-3H3. The zero-order chi connectivity index (χ0) is 13.2. The molecule has 0 radical (unpaired) electrons. The van der Waals surface area contributed by atoms with Crippen molar-refractivity contribution in [2.24, 2.45) is 5.92 Å². The topological polar surface area (TPSA) is 21.3 Å². The minimum Gasteiger partial charge on any atom is -0.383 e. The highest BCUT2D eigenvalue weighted by Gasteiger charge is 2.01. The molecule has 1 rings (SSSR count). The summed E-state index contributed by atoms with van der Waals surface area (Å²) in [5, 5.41) is 3.37. The summed E-state index contributed by atoms with van der Waals surface area (Å²) in [4.78, 5) is 1.38. The van der Waals surface area contributed by atoms with Gasteiger partial charge in [0.15, 0.2) is 0 Å². The molecule has 2 nitrogen and oxygen atoms in total. The van der Waals surface area contributed by atoms with Gasteiger partial charge in [0.1, 0.15) is 0 Å². The maximum atomic E-state index is 5.01. The van der Waals surface area contributed by atoms with Crippen molar-refractivity contribution in [2.75, 3.05) is 26.0 Å². The Bertz CT molecular complexity index is 330. The number of nitrogens with one attached hydrogen (secondary N) is 1. The van der Waals surface area contributed by atoms with E-state index in [2.05, 4.69) is 43.4 Å². The minimum atomic E-state index is 0.766. The molecular weight excluding hydrogens is 242 g/mol. The van der Waals surface area contributed by atoms with Crippen LogP contribution in [0.5, 0.6) is 0 Å². The van der Waals surface area contributed by atoms with E-state index in [1.807, 2.05) is 11.8 Å². The molecule has 0 aliphatic heterocycles. The molecule has 0 aliphatic rings. The average molecular weight is 267 g/mol. The molecule has 1 unspecified atom stereocenters. The fraction of sp³-hybridized carbons (Fsp3) is 0.600. The normalized spacial score (nSPS) is 12.6. The van der Waals surface area contributed by atoms with Crippen LogP contribution in [0.2, 0.25) is 0 Å². The van der Waals surface area contributed by atoms with Crippen LogP contribution < -0.4 is 5.32 Å². The minimum absolute atomic E-state index is 0.766. The zero-order valence-electron chi connectivity index (χ0n) is 11.7. The maximum Gasteiger partial charge on any atom is 0.0587 e. The van der Waals surface area contributed by atoms with Crippen LogP contribution in [0.25, 0.3) is 0 Å². The second kappa shape index (κ2) is 9.42. The highest BCUT2D eigenvalue weighted by Crippen LogP contribution is 2.22. The van der Waals surface area contributed by atoms with Gasteiger partial charge in [-0.05, 0) is 23.6 Å². The van der Waals surface area contributed by atoms with Crippen molar-refractivity contribution < 1.29 is 4.74 Å². The van der Waals surface area contributed by atoms with Crippen LogP contribution in [0.1, 0.15) is 25.8 Å². The Kier molecular flexibility index (Phi) is 8.14. The van der Waals surface area contributed by atoms with Gasteiger partial charge in [-0.3, -0.25) is 0 Å². The fourth-order valence-electron chi connectivity index (χ4n) is 1.51. The van der Waals surface area contributed by atoms with Gasteiger partial charge in [-0.15, -0.1) is 11.8 Å². The van der Waals surface area contributed by atoms with Crippen molar-refractivity contribution in [2.45, 2.75) is 31.7 Å². The maximum absolute atomic E-state index is 5.01. The first-order valence-electron chi connectivity index (χ1n) is 6.67. The van der Waals surface area contributed by atoms with Gasteiger partial charge < -0.3 is 10.1 Å². The Hall–Kier alpha value is -0.510. The molecule has 102 valence electrons. The van der Waals surface area contributed by atoms with Gasteiger partial charge in [-0.25, -0.2) is 0 Å². The van der Waals surface area contributed by atoms with Gasteiger partial charge in [-0.2, -0.15) is 0 Å². The fourth-order valence-corrected chi connectivity index (χ4v) is 2.63. The molecule has 0 saturated carbocycles. The van der Waals surface area contributed by atoms with Crippen LogP contribution in [0.4, 0.5) is 0 Å². The first kappa shape index (κ1) is 15.5. The quantitative estimate of drug-likeness (QED) is 0.546. The van der Waals surface area contributed by atoms with Crippen molar-refractivity contribution in [3.8, 4) is 0 Å². The Morgan fingerprint density at radius 1 is 1.39 bits per heavy atom. The third kappa shape index (κ3) is 6.43. The van der Waals surface area contributed by atoms with Crippen LogP contribution in [0, 0.1) is 5.92 Å². The molecule has 0 bridgehead atoms. The third-order valence-corrected chi connectivity index (χ3v) is 4.26. The highest BCUT2D eigenvalue weighted by molar-refractivity contribution is 7.99. The van der Waals surface area contributed by atoms with E-state index in [9.17, 15) is 0 Å². The Morgan fingerprint density at radius 2 is 2.22 bits per heavy atom. The molecule has 1 atom stereocenters. The smallest absolute Gasteiger partial charge is 0.0587 e. The van der Waals surface area contributed by atoms with Crippen molar-refractivity contribution >= 4 is 11.8 Å². The van der Waals surface area contributed by atoms with Crippen molar-refractivity contribution in [3.63, 3.8) is 0 Å². The molecule has 0 amide bonds. The summed E-state index contributed by atoms with van der Waals surface area (Å²) in [7, 11) is 1.73. The second-order valence-electron chi connectivity index (χ2n) is 4.64. The predicted octanol–water partition coefficient (Wildman–Crippen LogP) is 3.56. The number of rotatable bonds is 9. The van der Waals surface area contributed by atoms with Crippen LogP contribution in [0.3, 0.4) is 0 Å². The number of methoxy groups -OCH3 is 1. The summed E-state index contributed by atoms with van der Waals surface area (Å²) >= 11 is 1.96. The summed E-state index contributed by atoms with van der Waals surface area (Å²) in [6.45, 7) is 7.15. The van der Waals surface area contributed by atoms with Gasteiger partial charge in [-0.1, -0.05) is 32.4 Å². The third-order valence-electron chi connectivity index (χ3n) is 2.94. The molecule has 1 aromatic rings. The molecule has 18 heavy (non-hydrogen) atoms. The lowest BCUT2D eigenvalue weighted by Crippen LogP contribution is -2.18. The summed E-state index contributed by atoms with van der Waals surface area (Å²) in [5.41, 5.74) is 1.35. The Labute approximate surface area is 116 Å². The van der Waals surface area contributed by atoms with Gasteiger partial charge in [0.05, 0.1) is 6.61 Å². The van der Waals surface area contributed by atoms with E-state index >= 15 is 0 Å². The van der Waals surface area contributed by atoms with Crippen LogP contribution in [-0.2, 0) is 11.3 Å². The average Bonchev–Trinajstić information content (AvgIpc) is 2.41. The van der Waals surface area contributed by atoms with Crippen LogP contribution >= 0.6 is 11.8 Å². The van der Waals surface area contributed by atoms with Gasteiger partial charge >= 0.3 is 0 Å². The summed E-state index contributed by atoms with van der Waals surface area (Å²) in [6, 6.07) is 8.80. The SMILES string of the molecule is CCC(C)CSc1cccc(CNCCOC)c1. The highest BCUT2D eigenvalue weighted by atomic mass is 32.2. The van der Waals surface area contributed by atoms with Gasteiger partial charge in [0.2, 0.25) is 0 Å². The molecule has 0 saturated heterocycles.